The zero-order valence-electron chi connectivity index (χ0n) is 12.8. The van der Waals surface area contributed by atoms with Crippen molar-refractivity contribution in [3.8, 4) is 0 Å². The average molecular weight is 304 g/mol. The molecular formula is C16H20N2O4. The number of carbonyl (C=O) groups is 2. The van der Waals surface area contributed by atoms with E-state index in [1.54, 1.807) is 36.3 Å². The first-order chi connectivity index (χ1) is 10.6. The SMILES string of the molecule is CCN(CCC(=O)NCc1ccco1)C(=O)c1ccoc1C. The molecule has 6 nitrogen and oxygen atoms in total. The maximum atomic E-state index is 12.3. The maximum Gasteiger partial charge on any atom is 0.257 e. The molecule has 0 radical (unpaired) electrons. The lowest BCUT2D eigenvalue weighted by Crippen LogP contribution is -2.35. The van der Waals surface area contributed by atoms with Crippen molar-refractivity contribution in [2.75, 3.05) is 13.1 Å². The molecule has 2 heterocycles. The molecule has 22 heavy (non-hydrogen) atoms. The standard InChI is InChI=1S/C16H20N2O4/c1-3-18(16(20)14-7-10-21-12(14)2)8-6-15(19)17-11-13-5-4-9-22-13/h4-5,7,9-10H,3,6,8,11H2,1-2H3,(H,17,19). The molecule has 2 amide bonds. The summed E-state index contributed by atoms with van der Waals surface area (Å²) in [7, 11) is 0. The summed E-state index contributed by atoms with van der Waals surface area (Å²) in [5, 5.41) is 2.76. The van der Waals surface area contributed by atoms with E-state index >= 15 is 0 Å². The lowest BCUT2D eigenvalue weighted by molar-refractivity contribution is -0.121. The van der Waals surface area contributed by atoms with Gasteiger partial charge in [-0.05, 0) is 32.0 Å². The number of hydrogen-bond acceptors (Lipinski definition) is 4. The zero-order chi connectivity index (χ0) is 15.9. The Hall–Kier alpha value is -2.50. The largest absolute Gasteiger partial charge is 0.469 e. The predicted octanol–water partition coefficient (Wildman–Crippen LogP) is 2.35. The Morgan fingerprint density at radius 3 is 2.64 bits per heavy atom. The van der Waals surface area contributed by atoms with E-state index < -0.39 is 0 Å². The number of carbonyl (C=O) groups excluding carboxylic acids is 2. The van der Waals surface area contributed by atoms with Crippen molar-refractivity contribution in [1.29, 1.82) is 0 Å². The lowest BCUT2D eigenvalue weighted by atomic mass is 10.2. The Morgan fingerprint density at radius 1 is 1.23 bits per heavy atom. The van der Waals surface area contributed by atoms with E-state index in [-0.39, 0.29) is 18.2 Å². The van der Waals surface area contributed by atoms with E-state index in [9.17, 15) is 9.59 Å². The van der Waals surface area contributed by atoms with Gasteiger partial charge in [-0.1, -0.05) is 0 Å². The number of rotatable bonds is 7. The highest BCUT2D eigenvalue weighted by Gasteiger charge is 2.18. The first-order valence-electron chi connectivity index (χ1n) is 7.24. The molecule has 2 rings (SSSR count). The molecule has 0 saturated carbocycles. The van der Waals surface area contributed by atoms with E-state index in [0.29, 0.717) is 36.7 Å². The van der Waals surface area contributed by atoms with Crippen LogP contribution in [0.5, 0.6) is 0 Å². The van der Waals surface area contributed by atoms with Crippen molar-refractivity contribution in [3.63, 3.8) is 0 Å². The normalized spacial score (nSPS) is 10.5. The van der Waals surface area contributed by atoms with Crippen molar-refractivity contribution >= 4 is 11.8 Å². The number of amides is 2. The molecule has 0 saturated heterocycles. The van der Waals surface area contributed by atoms with Crippen molar-refractivity contribution < 1.29 is 18.4 Å². The maximum absolute atomic E-state index is 12.3. The molecule has 0 spiro atoms. The molecular weight excluding hydrogens is 284 g/mol. The fraction of sp³-hybridized carbons (Fsp3) is 0.375. The van der Waals surface area contributed by atoms with Gasteiger partial charge in [-0.3, -0.25) is 9.59 Å². The Morgan fingerprint density at radius 2 is 2.05 bits per heavy atom. The van der Waals surface area contributed by atoms with Gasteiger partial charge in [0, 0.05) is 19.5 Å². The molecule has 0 aliphatic heterocycles. The molecule has 0 aliphatic carbocycles. The lowest BCUT2D eigenvalue weighted by Gasteiger charge is -2.20. The molecule has 1 N–H and O–H groups in total. The Bertz CT molecular complexity index is 616. The van der Waals surface area contributed by atoms with E-state index in [4.69, 9.17) is 8.83 Å². The summed E-state index contributed by atoms with van der Waals surface area (Å²) in [5.74, 6) is 1.05. The Kier molecular flexibility index (Phi) is 5.41. The molecule has 0 atom stereocenters. The topological polar surface area (TPSA) is 75.7 Å². The van der Waals surface area contributed by atoms with Gasteiger partial charge >= 0.3 is 0 Å². The summed E-state index contributed by atoms with van der Waals surface area (Å²) >= 11 is 0. The monoisotopic (exact) mass is 304 g/mol. The number of aryl methyl sites for hydroxylation is 1. The van der Waals surface area contributed by atoms with Crippen molar-refractivity contribution in [2.45, 2.75) is 26.8 Å². The number of nitrogens with one attached hydrogen (secondary N) is 1. The first-order valence-corrected chi connectivity index (χ1v) is 7.24. The molecule has 6 heteroatoms. The number of nitrogens with zero attached hydrogens (tertiary/aromatic N) is 1. The van der Waals surface area contributed by atoms with Gasteiger partial charge in [0.2, 0.25) is 5.91 Å². The minimum Gasteiger partial charge on any atom is -0.469 e. The van der Waals surface area contributed by atoms with Crippen molar-refractivity contribution in [1.82, 2.24) is 10.2 Å². The van der Waals surface area contributed by atoms with Crippen molar-refractivity contribution in [3.05, 3.63) is 47.8 Å². The van der Waals surface area contributed by atoms with Crippen LogP contribution in [0.15, 0.2) is 39.6 Å². The molecule has 0 bridgehead atoms. The third-order valence-electron chi connectivity index (χ3n) is 3.41. The quantitative estimate of drug-likeness (QED) is 0.852. The highest BCUT2D eigenvalue weighted by atomic mass is 16.3. The molecule has 0 fully saturated rings. The minimum atomic E-state index is -0.119. The first kappa shape index (κ1) is 15.9. The minimum absolute atomic E-state index is 0.118. The van der Waals surface area contributed by atoms with Crippen LogP contribution < -0.4 is 5.32 Å². The van der Waals surface area contributed by atoms with Crippen LogP contribution in [0, 0.1) is 6.92 Å². The van der Waals surface area contributed by atoms with Gasteiger partial charge in [-0.2, -0.15) is 0 Å². The van der Waals surface area contributed by atoms with Gasteiger partial charge in [0.15, 0.2) is 0 Å². The summed E-state index contributed by atoms with van der Waals surface area (Å²) in [6.07, 6.45) is 3.30. The zero-order valence-corrected chi connectivity index (χ0v) is 12.8. The Balaban J connectivity index is 1.81. The van der Waals surface area contributed by atoms with Crippen molar-refractivity contribution in [2.24, 2.45) is 0 Å². The van der Waals surface area contributed by atoms with Gasteiger partial charge in [0.1, 0.15) is 11.5 Å². The summed E-state index contributed by atoms with van der Waals surface area (Å²) in [4.78, 5) is 25.8. The second-order valence-corrected chi connectivity index (χ2v) is 4.88. The van der Waals surface area contributed by atoms with E-state index in [0.717, 1.165) is 0 Å². The second kappa shape index (κ2) is 7.49. The summed E-state index contributed by atoms with van der Waals surface area (Å²) in [6.45, 7) is 4.89. The fourth-order valence-corrected chi connectivity index (χ4v) is 2.10. The van der Waals surface area contributed by atoms with Crippen LogP contribution in [0.2, 0.25) is 0 Å². The van der Waals surface area contributed by atoms with Crippen LogP contribution in [0.1, 0.15) is 35.2 Å². The van der Waals surface area contributed by atoms with E-state index in [2.05, 4.69) is 5.32 Å². The summed E-state index contributed by atoms with van der Waals surface area (Å²) in [6, 6.07) is 5.22. The van der Waals surface area contributed by atoms with Crippen LogP contribution in [0.3, 0.4) is 0 Å². The molecule has 0 aliphatic rings. The highest BCUT2D eigenvalue weighted by Crippen LogP contribution is 2.12. The van der Waals surface area contributed by atoms with Gasteiger partial charge in [-0.25, -0.2) is 0 Å². The van der Waals surface area contributed by atoms with Gasteiger partial charge in [0.25, 0.3) is 5.91 Å². The molecule has 0 unspecified atom stereocenters. The van der Waals surface area contributed by atoms with E-state index in [1.165, 1.54) is 6.26 Å². The van der Waals surface area contributed by atoms with Gasteiger partial charge in [0.05, 0.1) is 24.6 Å². The molecule has 2 aromatic heterocycles. The van der Waals surface area contributed by atoms with Crippen LogP contribution in [-0.2, 0) is 11.3 Å². The van der Waals surface area contributed by atoms with Crippen LogP contribution in [-0.4, -0.2) is 29.8 Å². The molecule has 0 aromatic carbocycles. The second-order valence-electron chi connectivity index (χ2n) is 4.88. The fourth-order valence-electron chi connectivity index (χ4n) is 2.10. The van der Waals surface area contributed by atoms with Crippen LogP contribution in [0.25, 0.3) is 0 Å². The molecule has 2 aromatic rings. The highest BCUT2D eigenvalue weighted by molar-refractivity contribution is 5.95. The third kappa shape index (κ3) is 4.00. The van der Waals surface area contributed by atoms with Gasteiger partial charge < -0.3 is 19.1 Å². The average Bonchev–Trinajstić information content (AvgIpc) is 3.16. The summed E-state index contributed by atoms with van der Waals surface area (Å²) < 4.78 is 10.3. The molecule has 118 valence electrons. The summed E-state index contributed by atoms with van der Waals surface area (Å²) in [5.41, 5.74) is 0.540. The van der Waals surface area contributed by atoms with E-state index in [1.807, 2.05) is 6.92 Å². The van der Waals surface area contributed by atoms with Gasteiger partial charge in [-0.15, -0.1) is 0 Å². The number of hydrogen-bond donors (Lipinski definition) is 1. The third-order valence-corrected chi connectivity index (χ3v) is 3.41. The number of furan rings is 2. The van der Waals surface area contributed by atoms with Crippen LogP contribution in [0.4, 0.5) is 0 Å². The van der Waals surface area contributed by atoms with Crippen LogP contribution >= 0.6 is 0 Å². The Labute approximate surface area is 129 Å². The smallest absolute Gasteiger partial charge is 0.257 e. The predicted molar refractivity (Wildman–Crippen MR) is 80.2 cm³/mol.